The monoisotopic (exact) mass is 159 g/mol. The van der Waals surface area contributed by atoms with E-state index in [1.165, 1.54) is 6.07 Å². The number of phenolic OH excluding ortho intramolecular Hbond substituents is 1. The molecule has 0 heterocycles. The summed E-state index contributed by atoms with van der Waals surface area (Å²) < 4.78 is 0. The minimum absolute atomic E-state index is 0.161. The summed E-state index contributed by atoms with van der Waals surface area (Å²) in [6.07, 6.45) is 2.33. The predicted octanol–water partition coefficient (Wildman–Crippen LogP) is 1.99. The Labute approximate surface area is 71.4 Å². The summed E-state index contributed by atoms with van der Waals surface area (Å²) in [6.45, 7) is 3.56. The third-order valence-corrected chi connectivity index (χ3v) is 1.58. The maximum atomic E-state index is 9.35. The molecule has 0 unspecified atom stereocenters. The lowest BCUT2D eigenvalue weighted by molar-refractivity contribution is 0.469. The van der Waals surface area contributed by atoms with Gasteiger partial charge in [0, 0.05) is 0 Å². The molecule has 0 saturated heterocycles. The highest BCUT2D eigenvalue weighted by Gasteiger charge is 1.99. The van der Waals surface area contributed by atoms with Crippen LogP contribution in [0.25, 0.3) is 0 Å². The maximum absolute atomic E-state index is 9.35. The van der Waals surface area contributed by atoms with Crippen molar-refractivity contribution in [3.63, 3.8) is 0 Å². The average Bonchev–Trinajstić information content (AvgIpc) is 2.09. The van der Waals surface area contributed by atoms with Gasteiger partial charge in [-0.05, 0) is 24.1 Å². The third-order valence-electron chi connectivity index (χ3n) is 1.58. The van der Waals surface area contributed by atoms with Crippen LogP contribution in [0.15, 0.2) is 30.9 Å². The molecular weight excluding hydrogens is 150 g/mol. The molecule has 0 aromatic heterocycles. The fraction of sp³-hybridized carbons (Fsp3) is 0.100. The molecule has 1 N–H and O–H groups in total. The van der Waals surface area contributed by atoms with Crippen LogP contribution >= 0.6 is 0 Å². The minimum Gasteiger partial charge on any atom is -0.508 e. The fourth-order valence-electron chi connectivity index (χ4n) is 0.962. The van der Waals surface area contributed by atoms with Crippen molar-refractivity contribution in [1.82, 2.24) is 0 Å². The fourth-order valence-corrected chi connectivity index (χ4v) is 0.962. The molecule has 0 atom stereocenters. The molecule has 2 heteroatoms. The van der Waals surface area contributed by atoms with E-state index in [4.69, 9.17) is 5.26 Å². The van der Waals surface area contributed by atoms with Gasteiger partial charge in [0.25, 0.3) is 0 Å². The number of hydrogen-bond donors (Lipinski definition) is 1. The van der Waals surface area contributed by atoms with Gasteiger partial charge in [-0.1, -0.05) is 12.1 Å². The van der Waals surface area contributed by atoms with Crippen molar-refractivity contribution in [3.05, 3.63) is 42.0 Å². The topological polar surface area (TPSA) is 44.0 Å². The Morgan fingerprint density at radius 3 is 2.83 bits per heavy atom. The van der Waals surface area contributed by atoms with Gasteiger partial charge < -0.3 is 5.11 Å². The second-order valence-corrected chi connectivity index (χ2v) is 2.45. The number of allylic oxidation sites excluding steroid dienone is 1. The second kappa shape index (κ2) is 3.59. The first-order valence-corrected chi connectivity index (χ1v) is 3.61. The summed E-state index contributed by atoms with van der Waals surface area (Å²) in [5.41, 5.74) is 1.27. The highest BCUT2D eigenvalue weighted by atomic mass is 16.3. The van der Waals surface area contributed by atoms with E-state index >= 15 is 0 Å². The van der Waals surface area contributed by atoms with Gasteiger partial charge in [-0.15, -0.1) is 6.58 Å². The molecule has 2 nitrogen and oxygen atoms in total. The molecule has 1 aromatic carbocycles. The Bertz CT molecular complexity index is 336. The number of benzene rings is 1. The highest BCUT2D eigenvalue weighted by Crippen LogP contribution is 2.18. The van der Waals surface area contributed by atoms with Gasteiger partial charge in [-0.25, -0.2) is 0 Å². The lowest BCUT2D eigenvalue weighted by Crippen LogP contribution is -1.83. The summed E-state index contributed by atoms with van der Waals surface area (Å²) in [4.78, 5) is 0. The number of hydrogen-bond acceptors (Lipinski definition) is 2. The highest BCUT2D eigenvalue weighted by molar-refractivity contribution is 5.42. The first-order chi connectivity index (χ1) is 5.77. The van der Waals surface area contributed by atoms with Crippen molar-refractivity contribution in [2.45, 2.75) is 6.42 Å². The maximum Gasteiger partial charge on any atom is 0.120 e. The number of rotatable bonds is 2. The van der Waals surface area contributed by atoms with Gasteiger partial charge in [0.15, 0.2) is 0 Å². The van der Waals surface area contributed by atoms with Crippen LogP contribution in [0.4, 0.5) is 0 Å². The molecular formula is C10H9NO. The van der Waals surface area contributed by atoms with Crippen LogP contribution in [-0.2, 0) is 6.42 Å². The predicted molar refractivity (Wildman–Crippen MR) is 46.7 cm³/mol. The van der Waals surface area contributed by atoms with Crippen LogP contribution in [0.5, 0.6) is 5.75 Å². The van der Waals surface area contributed by atoms with Gasteiger partial charge in [0.2, 0.25) is 0 Å². The van der Waals surface area contributed by atoms with E-state index in [-0.39, 0.29) is 5.75 Å². The molecule has 0 aliphatic rings. The average molecular weight is 159 g/mol. The number of phenols is 1. The second-order valence-electron chi connectivity index (χ2n) is 2.45. The lowest BCUT2D eigenvalue weighted by atomic mass is 10.1. The van der Waals surface area contributed by atoms with Gasteiger partial charge in [0.05, 0.1) is 11.6 Å². The minimum atomic E-state index is 0.161. The standard InChI is InChI=1S/C10H9NO/c1-2-3-9-5-4-8(7-11)6-10(9)12/h2,4-6,12H,1,3H2. The number of nitriles is 1. The zero-order valence-corrected chi connectivity index (χ0v) is 6.62. The van der Waals surface area contributed by atoms with Crippen molar-refractivity contribution in [3.8, 4) is 11.8 Å². The Morgan fingerprint density at radius 2 is 2.33 bits per heavy atom. The Balaban J connectivity index is 3.04. The zero-order valence-electron chi connectivity index (χ0n) is 6.62. The molecule has 0 spiro atoms. The molecule has 0 bridgehead atoms. The van der Waals surface area contributed by atoms with E-state index in [1.807, 2.05) is 6.07 Å². The van der Waals surface area contributed by atoms with Crippen LogP contribution in [0.3, 0.4) is 0 Å². The van der Waals surface area contributed by atoms with Gasteiger partial charge in [0.1, 0.15) is 5.75 Å². The normalized spacial score (nSPS) is 8.92. The molecule has 60 valence electrons. The molecule has 0 aliphatic heterocycles. The van der Waals surface area contributed by atoms with E-state index < -0.39 is 0 Å². The Morgan fingerprint density at radius 1 is 1.58 bits per heavy atom. The van der Waals surface area contributed by atoms with Crippen LogP contribution in [0.2, 0.25) is 0 Å². The van der Waals surface area contributed by atoms with E-state index in [1.54, 1.807) is 18.2 Å². The van der Waals surface area contributed by atoms with Crippen molar-refractivity contribution in [2.24, 2.45) is 0 Å². The molecule has 1 rings (SSSR count). The Kier molecular flexibility index (Phi) is 2.49. The van der Waals surface area contributed by atoms with E-state index in [0.29, 0.717) is 12.0 Å². The summed E-state index contributed by atoms with van der Waals surface area (Å²) in [5.74, 6) is 0.161. The van der Waals surface area contributed by atoms with Crippen LogP contribution in [-0.4, -0.2) is 5.11 Å². The molecule has 0 amide bonds. The Hall–Kier alpha value is -1.75. The molecule has 0 aliphatic carbocycles. The van der Waals surface area contributed by atoms with Crippen LogP contribution in [0.1, 0.15) is 11.1 Å². The molecule has 1 aromatic rings. The van der Waals surface area contributed by atoms with Crippen molar-refractivity contribution in [1.29, 1.82) is 5.26 Å². The number of aromatic hydroxyl groups is 1. The van der Waals surface area contributed by atoms with Crippen LogP contribution in [0, 0.1) is 11.3 Å². The summed E-state index contributed by atoms with van der Waals surface area (Å²) in [6, 6.07) is 6.82. The SMILES string of the molecule is C=CCc1ccc(C#N)cc1O. The molecule has 0 saturated carbocycles. The van der Waals surface area contributed by atoms with E-state index in [0.717, 1.165) is 5.56 Å². The molecule has 0 radical (unpaired) electrons. The quantitative estimate of drug-likeness (QED) is 0.670. The van der Waals surface area contributed by atoms with E-state index in [2.05, 4.69) is 6.58 Å². The van der Waals surface area contributed by atoms with Crippen LogP contribution < -0.4 is 0 Å². The lowest BCUT2D eigenvalue weighted by Gasteiger charge is -2.00. The van der Waals surface area contributed by atoms with E-state index in [9.17, 15) is 5.11 Å². The van der Waals surface area contributed by atoms with Gasteiger partial charge in [-0.2, -0.15) is 5.26 Å². The third kappa shape index (κ3) is 1.64. The summed E-state index contributed by atoms with van der Waals surface area (Å²) in [7, 11) is 0. The molecule has 0 fully saturated rings. The number of nitrogens with zero attached hydrogens (tertiary/aromatic N) is 1. The first kappa shape index (κ1) is 8.35. The summed E-state index contributed by atoms with van der Waals surface area (Å²) in [5, 5.41) is 17.9. The first-order valence-electron chi connectivity index (χ1n) is 3.61. The summed E-state index contributed by atoms with van der Waals surface area (Å²) >= 11 is 0. The molecule has 12 heavy (non-hydrogen) atoms. The zero-order chi connectivity index (χ0) is 8.97. The van der Waals surface area contributed by atoms with Gasteiger partial charge >= 0.3 is 0 Å². The van der Waals surface area contributed by atoms with Crippen molar-refractivity contribution in [2.75, 3.05) is 0 Å². The van der Waals surface area contributed by atoms with Crippen molar-refractivity contribution < 1.29 is 5.11 Å². The largest absolute Gasteiger partial charge is 0.508 e. The smallest absolute Gasteiger partial charge is 0.120 e. The van der Waals surface area contributed by atoms with Gasteiger partial charge in [-0.3, -0.25) is 0 Å². The van der Waals surface area contributed by atoms with Crippen molar-refractivity contribution >= 4 is 0 Å².